The molecule has 1 saturated carbocycles. The lowest BCUT2D eigenvalue weighted by molar-refractivity contribution is 0.502. The molecule has 2 heteroatoms. The molecule has 0 spiro atoms. The second kappa shape index (κ2) is 5.04. The molecule has 1 aliphatic rings. The molecule has 0 radical (unpaired) electrons. The van der Waals surface area contributed by atoms with E-state index in [1.165, 1.54) is 31.4 Å². The van der Waals surface area contributed by atoms with Crippen LogP contribution in [0.5, 0.6) is 0 Å². The summed E-state index contributed by atoms with van der Waals surface area (Å²) >= 11 is 1.98. The third-order valence-corrected chi connectivity index (χ3v) is 3.32. The second-order valence-corrected chi connectivity index (χ2v) is 4.43. The Labute approximate surface area is 74.3 Å². The largest absolute Gasteiger partial charge is 0.317 e. The van der Waals surface area contributed by atoms with E-state index in [2.05, 4.69) is 18.6 Å². The smallest absolute Gasteiger partial charge is 0.00668 e. The highest BCUT2D eigenvalue weighted by molar-refractivity contribution is 7.98. The number of rotatable bonds is 4. The van der Waals surface area contributed by atoms with Gasteiger partial charge in [0.15, 0.2) is 0 Å². The first-order valence-electron chi connectivity index (χ1n) is 4.53. The van der Waals surface area contributed by atoms with E-state index in [0.717, 1.165) is 12.0 Å². The molecule has 1 aliphatic carbocycles. The van der Waals surface area contributed by atoms with E-state index in [1.807, 2.05) is 11.8 Å². The van der Waals surface area contributed by atoms with E-state index in [1.54, 1.807) is 0 Å². The standard InChI is InChI=1S/C9H19NS/c1-10-9-4-3-8(7-9)5-6-11-2/h8-10H,3-7H2,1-2H3. The van der Waals surface area contributed by atoms with Gasteiger partial charge in [-0.25, -0.2) is 0 Å². The van der Waals surface area contributed by atoms with Crippen LogP contribution in [-0.2, 0) is 0 Å². The summed E-state index contributed by atoms with van der Waals surface area (Å²) in [5.74, 6) is 2.36. The molecule has 1 rings (SSSR count). The van der Waals surface area contributed by atoms with Crippen molar-refractivity contribution in [3.63, 3.8) is 0 Å². The zero-order valence-corrected chi connectivity index (χ0v) is 8.41. The maximum absolute atomic E-state index is 3.36. The highest BCUT2D eigenvalue weighted by Crippen LogP contribution is 2.28. The average Bonchev–Trinajstić information content (AvgIpc) is 2.48. The summed E-state index contributed by atoms with van der Waals surface area (Å²) in [4.78, 5) is 0. The lowest BCUT2D eigenvalue weighted by Crippen LogP contribution is -2.21. The van der Waals surface area contributed by atoms with Crippen LogP contribution in [0, 0.1) is 5.92 Å². The Morgan fingerprint density at radius 1 is 1.45 bits per heavy atom. The quantitative estimate of drug-likeness (QED) is 0.699. The summed E-state index contributed by atoms with van der Waals surface area (Å²) in [6.45, 7) is 0. The first-order chi connectivity index (χ1) is 5.36. The van der Waals surface area contributed by atoms with Gasteiger partial charge >= 0.3 is 0 Å². The average molecular weight is 173 g/mol. The number of hydrogen-bond donors (Lipinski definition) is 1. The van der Waals surface area contributed by atoms with Crippen molar-refractivity contribution in [2.24, 2.45) is 5.92 Å². The van der Waals surface area contributed by atoms with Gasteiger partial charge in [0.1, 0.15) is 0 Å². The number of thioether (sulfide) groups is 1. The van der Waals surface area contributed by atoms with Crippen molar-refractivity contribution >= 4 is 11.8 Å². The molecule has 0 heterocycles. The monoisotopic (exact) mass is 173 g/mol. The zero-order valence-electron chi connectivity index (χ0n) is 7.60. The highest BCUT2D eigenvalue weighted by atomic mass is 32.2. The third kappa shape index (κ3) is 3.04. The van der Waals surface area contributed by atoms with Crippen molar-refractivity contribution in [2.45, 2.75) is 31.7 Å². The van der Waals surface area contributed by atoms with Gasteiger partial charge in [0.2, 0.25) is 0 Å². The molecule has 0 aliphatic heterocycles. The fourth-order valence-electron chi connectivity index (χ4n) is 1.88. The molecule has 1 nitrogen and oxygen atoms in total. The van der Waals surface area contributed by atoms with Crippen molar-refractivity contribution < 1.29 is 0 Å². The van der Waals surface area contributed by atoms with Gasteiger partial charge in [-0.3, -0.25) is 0 Å². The lowest BCUT2D eigenvalue weighted by Gasteiger charge is -2.09. The summed E-state index contributed by atoms with van der Waals surface area (Å²) in [7, 11) is 2.08. The number of nitrogens with one attached hydrogen (secondary N) is 1. The first kappa shape index (κ1) is 9.40. The molecule has 2 unspecified atom stereocenters. The van der Waals surface area contributed by atoms with E-state index in [9.17, 15) is 0 Å². The van der Waals surface area contributed by atoms with Crippen LogP contribution in [0.4, 0.5) is 0 Å². The van der Waals surface area contributed by atoms with E-state index in [-0.39, 0.29) is 0 Å². The summed E-state index contributed by atoms with van der Waals surface area (Å²) in [6.07, 6.45) is 7.89. The van der Waals surface area contributed by atoms with Crippen LogP contribution in [0.1, 0.15) is 25.7 Å². The van der Waals surface area contributed by atoms with Crippen molar-refractivity contribution in [2.75, 3.05) is 19.1 Å². The van der Waals surface area contributed by atoms with Crippen LogP contribution < -0.4 is 5.32 Å². The zero-order chi connectivity index (χ0) is 8.10. The second-order valence-electron chi connectivity index (χ2n) is 3.45. The first-order valence-corrected chi connectivity index (χ1v) is 5.92. The van der Waals surface area contributed by atoms with E-state index in [4.69, 9.17) is 0 Å². The van der Waals surface area contributed by atoms with Crippen molar-refractivity contribution in [3.05, 3.63) is 0 Å². The molecule has 0 bridgehead atoms. The molecule has 1 N–H and O–H groups in total. The summed E-state index contributed by atoms with van der Waals surface area (Å²) in [5.41, 5.74) is 0. The third-order valence-electron chi connectivity index (χ3n) is 2.68. The molecule has 1 fully saturated rings. The van der Waals surface area contributed by atoms with Gasteiger partial charge < -0.3 is 5.32 Å². The Morgan fingerprint density at radius 2 is 2.27 bits per heavy atom. The van der Waals surface area contributed by atoms with Gasteiger partial charge in [0.05, 0.1) is 0 Å². The Balaban J connectivity index is 2.09. The van der Waals surface area contributed by atoms with Crippen LogP contribution in [0.15, 0.2) is 0 Å². The molecule has 0 aromatic rings. The predicted octanol–water partition coefficient (Wildman–Crippen LogP) is 2.13. The van der Waals surface area contributed by atoms with Gasteiger partial charge in [0, 0.05) is 6.04 Å². The molecule has 0 amide bonds. The van der Waals surface area contributed by atoms with Gasteiger partial charge in [-0.1, -0.05) is 0 Å². The summed E-state index contributed by atoms with van der Waals surface area (Å²) in [6, 6.07) is 0.821. The van der Waals surface area contributed by atoms with Crippen LogP contribution >= 0.6 is 11.8 Å². The topological polar surface area (TPSA) is 12.0 Å². The van der Waals surface area contributed by atoms with E-state index < -0.39 is 0 Å². The van der Waals surface area contributed by atoms with Crippen molar-refractivity contribution in [1.82, 2.24) is 5.32 Å². The minimum Gasteiger partial charge on any atom is -0.317 e. The Kier molecular flexibility index (Phi) is 4.31. The molecule has 11 heavy (non-hydrogen) atoms. The fourth-order valence-corrected chi connectivity index (χ4v) is 2.45. The van der Waals surface area contributed by atoms with Crippen LogP contribution in [0.2, 0.25) is 0 Å². The molecule has 0 aromatic heterocycles. The van der Waals surface area contributed by atoms with Crippen LogP contribution in [-0.4, -0.2) is 25.1 Å². The van der Waals surface area contributed by atoms with Crippen molar-refractivity contribution in [1.29, 1.82) is 0 Å². The lowest BCUT2D eigenvalue weighted by atomic mass is 10.1. The van der Waals surface area contributed by atoms with Gasteiger partial charge in [-0.05, 0) is 50.7 Å². The maximum Gasteiger partial charge on any atom is 0.00668 e. The molecule has 2 atom stereocenters. The SMILES string of the molecule is CNC1CCC(CCSC)C1. The minimum atomic E-state index is 0.821. The molecule has 66 valence electrons. The van der Waals surface area contributed by atoms with Gasteiger partial charge in [0.25, 0.3) is 0 Å². The van der Waals surface area contributed by atoms with E-state index >= 15 is 0 Å². The van der Waals surface area contributed by atoms with Crippen LogP contribution in [0.3, 0.4) is 0 Å². The Hall–Kier alpha value is 0.310. The summed E-state index contributed by atoms with van der Waals surface area (Å²) in [5, 5.41) is 3.36. The van der Waals surface area contributed by atoms with E-state index in [0.29, 0.717) is 0 Å². The van der Waals surface area contributed by atoms with Crippen LogP contribution in [0.25, 0.3) is 0 Å². The molecule has 0 aromatic carbocycles. The molecular formula is C9H19NS. The maximum atomic E-state index is 3.36. The normalized spacial score (nSPS) is 31.1. The summed E-state index contributed by atoms with van der Waals surface area (Å²) < 4.78 is 0. The number of hydrogen-bond acceptors (Lipinski definition) is 2. The van der Waals surface area contributed by atoms with Gasteiger partial charge in [-0.2, -0.15) is 11.8 Å². The molecule has 0 saturated heterocycles. The van der Waals surface area contributed by atoms with Crippen molar-refractivity contribution in [3.8, 4) is 0 Å². The Morgan fingerprint density at radius 3 is 2.82 bits per heavy atom. The predicted molar refractivity (Wildman–Crippen MR) is 53.2 cm³/mol. The Bertz CT molecular complexity index is 106. The minimum absolute atomic E-state index is 0.821. The van der Waals surface area contributed by atoms with Gasteiger partial charge in [-0.15, -0.1) is 0 Å². The highest BCUT2D eigenvalue weighted by Gasteiger charge is 2.22. The fraction of sp³-hybridized carbons (Fsp3) is 1.00. The molecular weight excluding hydrogens is 154 g/mol.